The molecule has 0 aliphatic heterocycles. The lowest BCUT2D eigenvalue weighted by atomic mass is 10.0. The van der Waals surface area contributed by atoms with Gasteiger partial charge in [-0.15, -0.1) is 12.3 Å². The largest absolute Gasteiger partial charge is 0.313 e. The van der Waals surface area contributed by atoms with Gasteiger partial charge in [0.2, 0.25) is 0 Å². The molecule has 1 aromatic rings. The lowest BCUT2D eigenvalue weighted by molar-refractivity contribution is 0.532. The van der Waals surface area contributed by atoms with Crippen LogP contribution in [0.4, 0.5) is 0 Å². The first-order valence-corrected chi connectivity index (χ1v) is 5.45. The van der Waals surface area contributed by atoms with Crippen LogP contribution in [0.5, 0.6) is 0 Å². The van der Waals surface area contributed by atoms with Crippen LogP contribution in [0.2, 0.25) is 0 Å². The number of hydrogen-bond donors (Lipinski definition) is 1. The molecule has 0 heterocycles. The topological polar surface area (TPSA) is 12.0 Å². The smallest absolute Gasteiger partial charge is 0.0317 e. The van der Waals surface area contributed by atoms with E-state index in [-0.39, 0.29) is 0 Å². The Balaban J connectivity index is 2.58. The summed E-state index contributed by atoms with van der Waals surface area (Å²) in [7, 11) is 2.00. The molecule has 0 radical (unpaired) electrons. The minimum atomic E-state index is 0.430. The summed E-state index contributed by atoms with van der Waals surface area (Å²) in [6, 6.07) is 9.11. The molecule has 1 rings (SSSR count). The zero-order chi connectivity index (χ0) is 11.1. The molecular formula is C14H19N. The van der Waals surface area contributed by atoms with Crippen molar-refractivity contribution in [1.29, 1.82) is 0 Å². The molecule has 0 amide bonds. The summed E-state index contributed by atoms with van der Waals surface area (Å²) >= 11 is 0. The zero-order valence-electron chi connectivity index (χ0n) is 9.59. The van der Waals surface area contributed by atoms with Gasteiger partial charge >= 0.3 is 0 Å². The van der Waals surface area contributed by atoms with Gasteiger partial charge in [-0.05, 0) is 32.4 Å². The van der Waals surface area contributed by atoms with Crippen molar-refractivity contribution in [2.24, 2.45) is 0 Å². The maximum absolute atomic E-state index is 5.24. The molecule has 0 fully saturated rings. The molecule has 0 bridgehead atoms. The summed E-state index contributed by atoms with van der Waals surface area (Å²) in [5, 5.41) is 3.33. The Morgan fingerprint density at radius 3 is 2.53 bits per heavy atom. The van der Waals surface area contributed by atoms with E-state index < -0.39 is 0 Å². The van der Waals surface area contributed by atoms with Crippen LogP contribution in [0.25, 0.3) is 0 Å². The Morgan fingerprint density at radius 1 is 1.33 bits per heavy atom. The van der Waals surface area contributed by atoms with Gasteiger partial charge in [0.1, 0.15) is 0 Å². The van der Waals surface area contributed by atoms with Crippen molar-refractivity contribution >= 4 is 0 Å². The first-order chi connectivity index (χ1) is 7.27. The average Bonchev–Trinajstić information content (AvgIpc) is 2.26. The van der Waals surface area contributed by atoms with Crippen LogP contribution in [0.3, 0.4) is 0 Å². The maximum Gasteiger partial charge on any atom is 0.0317 e. The second-order valence-corrected chi connectivity index (χ2v) is 3.85. The predicted molar refractivity (Wildman–Crippen MR) is 65.7 cm³/mol. The molecule has 0 spiro atoms. The molecule has 1 nitrogen and oxygen atoms in total. The molecule has 1 atom stereocenters. The van der Waals surface area contributed by atoms with E-state index in [9.17, 15) is 0 Å². The monoisotopic (exact) mass is 201 g/mol. The highest BCUT2D eigenvalue weighted by Crippen LogP contribution is 2.19. The van der Waals surface area contributed by atoms with Crippen molar-refractivity contribution < 1.29 is 0 Å². The maximum atomic E-state index is 5.24. The van der Waals surface area contributed by atoms with Crippen molar-refractivity contribution in [3.63, 3.8) is 0 Å². The van der Waals surface area contributed by atoms with Gasteiger partial charge in [-0.1, -0.05) is 29.8 Å². The molecule has 0 saturated heterocycles. The minimum absolute atomic E-state index is 0.430. The van der Waals surface area contributed by atoms with E-state index in [1.165, 1.54) is 11.1 Å². The number of unbranched alkanes of at least 4 members (excludes halogenated alkanes) is 1. The number of nitrogens with one attached hydrogen (secondary N) is 1. The van der Waals surface area contributed by atoms with Crippen LogP contribution >= 0.6 is 0 Å². The summed E-state index contributed by atoms with van der Waals surface area (Å²) in [4.78, 5) is 0. The highest BCUT2D eigenvalue weighted by atomic mass is 14.9. The van der Waals surface area contributed by atoms with Crippen LogP contribution in [-0.2, 0) is 0 Å². The van der Waals surface area contributed by atoms with Crippen molar-refractivity contribution in [1.82, 2.24) is 5.32 Å². The molecule has 15 heavy (non-hydrogen) atoms. The number of rotatable bonds is 5. The Kier molecular flexibility index (Phi) is 4.93. The van der Waals surface area contributed by atoms with Gasteiger partial charge in [0.25, 0.3) is 0 Å². The summed E-state index contributed by atoms with van der Waals surface area (Å²) < 4.78 is 0. The molecule has 1 heteroatoms. The third-order valence-corrected chi connectivity index (χ3v) is 2.64. The summed E-state index contributed by atoms with van der Waals surface area (Å²) in [5.74, 6) is 2.68. The van der Waals surface area contributed by atoms with Gasteiger partial charge in [-0.25, -0.2) is 0 Å². The number of aryl methyl sites for hydroxylation is 1. The van der Waals surface area contributed by atoms with E-state index in [2.05, 4.69) is 42.4 Å². The number of hydrogen-bond acceptors (Lipinski definition) is 1. The Labute approximate surface area is 92.9 Å². The SMILES string of the molecule is C#CCCCC(NC)c1ccc(C)cc1. The van der Waals surface area contributed by atoms with Gasteiger partial charge in [-0.3, -0.25) is 0 Å². The Bertz CT molecular complexity index is 318. The van der Waals surface area contributed by atoms with Crippen LogP contribution in [0, 0.1) is 19.3 Å². The fourth-order valence-corrected chi connectivity index (χ4v) is 1.68. The lowest BCUT2D eigenvalue weighted by Crippen LogP contribution is -2.16. The Morgan fingerprint density at radius 2 is 2.00 bits per heavy atom. The molecular weight excluding hydrogens is 182 g/mol. The number of terminal acetylenes is 1. The zero-order valence-corrected chi connectivity index (χ0v) is 9.59. The van der Waals surface area contributed by atoms with Gasteiger partial charge in [0, 0.05) is 12.5 Å². The third-order valence-electron chi connectivity index (χ3n) is 2.64. The van der Waals surface area contributed by atoms with E-state index in [0.29, 0.717) is 6.04 Å². The second kappa shape index (κ2) is 6.27. The van der Waals surface area contributed by atoms with Crippen LogP contribution in [-0.4, -0.2) is 7.05 Å². The molecule has 1 unspecified atom stereocenters. The first-order valence-electron chi connectivity index (χ1n) is 5.45. The van der Waals surface area contributed by atoms with Gasteiger partial charge in [0.15, 0.2) is 0 Å². The fraction of sp³-hybridized carbons (Fsp3) is 0.429. The second-order valence-electron chi connectivity index (χ2n) is 3.85. The normalized spacial score (nSPS) is 12.1. The van der Waals surface area contributed by atoms with Crippen molar-refractivity contribution in [3.8, 4) is 12.3 Å². The summed E-state index contributed by atoms with van der Waals surface area (Å²) in [6.45, 7) is 2.11. The van der Waals surface area contributed by atoms with Crippen molar-refractivity contribution in [3.05, 3.63) is 35.4 Å². The van der Waals surface area contributed by atoms with Crippen molar-refractivity contribution in [2.45, 2.75) is 32.2 Å². The quantitative estimate of drug-likeness (QED) is 0.570. The van der Waals surface area contributed by atoms with E-state index in [1.807, 2.05) is 7.05 Å². The molecule has 0 aromatic heterocycles. The lowest BCUT2D eigenvalue weighted by Gasteiger charge is -2.16. The molecule has 1 aromatic carbocycles. The highest BCUT2D eigenvalue weighted by molar-refractivity contribution is 5.24. The van der Waals surface area contributed by atoms with Crippen LogP contribution in [0.15, 0.2) is 24.3 Å². The van der Waals surface area contributed by atoms with Crippen molar-refractivity contribution in [2.75, 3.05) is 7.05 Å². The average molecular weight is 201 g/mol. The van der Waals surface area contributed by atoms with Gasteiger partial charge in [0.05, 0.1) is 0 Å². The minimum Gasteiger partial charge on any atom is -0.313 e. The summed E-state index contributed by atoms with van der Waals surface area (Å²) in [6.07, 6.45) is 8.29. The summed E-state index contributed by atoms with van der Waals surface area (Å²) in [5.41, 5.74) is 2.65. The molecule has 0 saturated carbocycles. The standard InChI is InChI=1S/C14H19N/c1-4-5-6-7-14(15-3)13-10-8-12(2)9-11-13/h1,8-11,14-15H,5-7H2,2-3H3. The highest BCUT2D eigenvalue weighted by Gasteiger charge is 2.07. The van der Waals surface area contributed by atoms with E-state index in [4.69, 9.17) is 6.42 Å². The Hall–Kier alpha value is -1.26. The van der Waals surface area contributed by atoms with E-state index in [1.54, 1.807) is 0 Å². The van der Waals surface area contributed by atoms with Crippen LogP contribution in [0.1, 0.15) is 36.4 Å². The third kappa shape index (κ3) is 3.77. The molecule has 0 aliphatic carbocycles. The first kappa shape index (κ1) is 11.8. The van der Waals surface area contributed by atoms with E-state index in [0.717, 1.165) is 19.3 Å². The molecule has 80 valence electrons. The van der Waals surface area contributed by atoms with E-state index >= 15 is 0 Å². The van der Waals surface area contributed by atoms with Gasteiger partial charge < -0.3 is 5.32 Å². The number of benzene rings is 1. The molecule has 1 N–H and O–H groups in total. The fourth-order valence-electron chi connectivity index (χ4n) is 1.68. The van der Waals surface area contributed by atoms with Crippen LogP contribution < -0.4 is 5.32 Å². The predicted octanol–water partition coefficient (Wildman–Crippen LogP) is 3.06. The molecule has 0 aliphatic rings. The van der Waals surface area contributed by atoms with Gasteiger partial charge in [-0.2, -0.15) is 0 Å².